The number of phenolic OH excluding ortho intramolecular Hbond substituents is 7. The van der Waals surface area contributed by atoms with Gasteiger partial charge in [0.2, 0.25) is 17.2 Å². The first-order chi connectivity index (χ1) is 49.0. The largest absolute Gasteiger partial charge is 0.508 e. The van der Waals surface area contributed by atoms with Crippen LogP contribution in [-0.4, -0.2) is 90.6 Å². The standard InChI is InChI=1S/C30H18O11.C23H20O7.C13H12O3.C10H6O5/c31-19-6-1-4-17(12-19)27(34)38-23-8-3-9-24(26(23)41-28(35)18-5-2-7-20(32)13-18)39-29(36)22-14-16-10-11-21(33)15-25(16)40-30(22)37;1-15-6-3-7-16(12-15)23(26)30-21-19(24)10-5-11-20(21)29-22(25)17-8-4-9-18(13-17)28-14-27-2;14-11-7-4-8-12(13(11)15)16-9-10-5-2-1-3-6-10;11-6-2-1-5-3-7(9(12)13)10(14)15-8(5)4-6/h1-15,31-33H;3-13,24H,14H2,1-2H3;1-8,14-15H,9H2;1-4,11H,(H,12,13). The van der Waals surface area contributed by atoms with Crippen molar-refractivity contribution >= 4 is 57.8 Å². The van der Waals surface area contributed by atoms with Crippen LogP contribution in [0.15, 0.2) is 249 Å². The molecular weight excluding hydrogens is 1330 g/mol. The molecule has 2 heterocycles. The summed E-state index contributed by atoms with van der Waals surface area (Å²) in [6.45, 7) is 2.23. The van der Waals surface area contributed by atoms with Gasteiger partial charge in [-0.25, -0.2) is 38.4 Å². The smallest absolute Gasteiger partial charge is 0.351 e. The number of ether oxygens (including phenoxy) is 8. The summed E-state index contributed by atoms with van der Waals surface area (Å²) in [4.78, 5) is 98.1. The summed E-state index contributed by atoms with van der Waals surface area (Å²) in [7, 11) is 1.49. The van der Waals surface area contributed by atoms with Crippen molar-refractivity contribution in [2.24, 2.45) is 0 Å². The Kier molecular flexibility index (Phi) is 23.6. The molecule has 0 aliphatic carbocycles. The number of fused-ring (bicyclic) bond motifs is 2. The molecule has 12 aromatic rings. The number of hydrogen-bond acceptors (Lipinski definition) is 25. The highest BCUT2D eigenvalue weighted by Crippen LogP contribution is 2.41. The van der Waals surface area contributed by atoms with Gasteiger partial charge in [-0.1, -0.05) is 84.4 Å². The number of phenols is 7. The van der Waals surface area contributed by atoms with Crippen LogP contribution in [0.4, 0.5) is 0 Å². The molecule has 26 nitrogen and oxygen atoms in total. The first-order valence-electron chi connectivity index (χ1n) is 29.9. The summed E-state index contributed by atoms with van der Waals surface area (Å²) in [6, 6.07) is 56.5. The fraction of sp³-hybridized carbons (Fsp3) is 0.0526. The molecule has 516 valence electrons. The normalized spacial score (nSPS) is 10.4. The van der Waals surface area contributed by atoms with Crippen LogP contribution in [0, 0.1) is 6.92 Å². The third-order valence-electron chi connectivity index (χ3n) is 13.8. The van der Waals surface area contributed by atoms with Crippen molar-refractivity contribution in [1.29, 1.82) is 0 Å². The van der Waals surface area contributed by atoms with E-state index in [0.717, 1.165) is 23.3 Å². The fourth-order valence-corrected chi connectivity index (χ4v) is 8.95. The van der Waals surface area contributed by atoms with E-state index in [-0.39, 0.29) is 97.9 Å². The Morgan fingerprint density at radius 3 is 1.37 bits per heavy atom. The number of carboxylic acids is 1. The van der Waals surface area contributed by atoms with E-state index in [4.69, 9.17) is 56.9 Å². The molecule has 10 aromatic carbocycles. The van der Waals surface area contributed by atoms with Gasteiger partial charge >= 0.3 is 47.1 Å². The van der Waals surface area contributed by atoms with Crippen molar-refractivity contribution < 1.29 is 116 Å². The van der Waals surface area contributed by atoms with Crippen LogP contribution < -0.4 is 44.4 Å². The number of carbonyl (C=O) groups is 6. The van der Waals surface area contributed by atoms with E-state index in [1.165, 1.54) is 141 Å². The van der Waals surface area contributed by atoms with Gasteiger partial charge in [-0.15, -0.1) is 0 Å². The van der Waals surface area contributed by atoms with Crippen LogP contribution in [0.2, 0.25) is 0 Å². The second-order valence-electron chi connectivity index (χ2n) is 21.2. The maximum absolute atomic E-state index is 13.0. The number of esters is 5. The second-order valence-corrected chi connectivity index (χ2v) is 21.2. The van der Waals surface area contributed by atoms with E-state index in [1.807, 2.05) is 43.3 Å². The van der Waals surface area contributed by atoms with Crippen LogP contribution in [0.3, 0.4) is 0 Å². The number of carbonyl (C=O) groups excluding carboxylic acids is 5. The molecular formula is C76H56O26. The average Bonchev–Trinajstić information content (AvgIpc) is 0.809. The van der Waals surface area contributed by atoms with Gasteiger partial charge in [-0.3, -0.25) is 0 Å². The van der Waals surface area contributed by atoms with E-state index in [1.54, 1.807) is 48.5 Å². The Balaban J connectivity index is 0.000000172. The van der Waals surface area contributed by atoms with Crippen molar-refractivity contribution in [3.05, 3.63) is 296 Å². The zero-order valence-corrected chi connectivity index (χ0v) is 53.3. The van der Waals surface area contributed by atoms with E-state index in [9.17, 15) is 69.0 Å². The van der Waals surface area contributed by atoms with Crippen molar-refractivity contribution in [3.8, 4) is 80.5 Å². The zero-order valence-electron chi connectivity index (χ0n) is 53.3. The molecule has 0 amide bonds. The Morgan fingerprint density at radius 2 is 0.824 bits per heavy atom. The highest BCUT2D eigenvalue weighted by atomic mass is 16.7. The summed E-state index contributed by atoms with van der Waals surface area (Å²) < 4.78 is 52.3. The van der Waals surface area contributed by atoms with Gasteiger partial charge in [0.1, 0.15) is 57.6 Å². The van der Waals surface area contributed by atoms with Gasteiger partial charge in [0.05, 0.1) is 22.3 Å². The molecule has 12 rings (SSSR count). The van der Waals surface area contributed by atoms with Crippen molar-refractivity contribution in [2.45, 2.75) is 13.5 Å². The zero-order chi connectivity index (χ0) is 73.0. The molecule has 0 aliphatic heterocycles. The lowest BCUT2D eigenvalue weighted by molar-refractivity contribution is 0.0508. The Hall–Kier alpha value is -14.4. The minimum atomic E-state index is -1.33. The number of methoxy groups -OCH3 is 1. The van der Waals surface area contributed by atoms with Gasteiger partial charge in [-0.2, -0.15) is 0 Å². The third kappa shape index (κ3) is 19.2. The van der Waals surface area contributed by atoms with Crippen LogP contribution >= 0.6 is 0 Å². The second kappa shape index (κ2) is 33.5. The van der Waals surface area contributed by atoms with Crippen molar-refractivity contribution in [2.75, 3.05) is 13.9 Å². The number of para-hydroxylation sites is 3. The minimum Gasteiger partial charge on any atom is -0.508 e. The van der Waals surface area contributed by atoms with E-state index < -0.39 is 69.7 Å². The quantitative estimate of drug-likeness (QED) is 0.0138. The molecule has 0 unspecified atom stereocenters. The number of carboxylic acid groups (broad SMARTS) is 1. The highest BCUT2D eigenvalue weighted by Gasteiger charge is 2.26. The van der Waals surface area contributed by atoms with E-state index in [0.29, 0.717) is 28.7 Å². The lowest BCUT2D eigenvalue weighted by Crippen LogP contribution is -2.20. The molecule has 26 heteroatoms. The topological polar surface area (TPSA) is 399 Å². The molecule has 8 N–H and O–H groups in total. The van der Waals surface area contributed by atoms with Gasteiger partial charge in [0.25, 0.3) is 0 Å². The average molecular weight is 1390 g/mol. The van der Waals surface area contributed by atoms with Crippen LogP contribution in [0.25, 0.3) is 21.9 Å². The van der Waals surface area contributed by atoms with Gasteiger partial charge in [0, 0.05) is 30.0 Å². The number of benzene rings is 10. The Morgan fingerprint density at radius 1 is 0.382 bits per heavy atom. The van der Waals surface area contributed by atoms with Crippen LogP contribution in [0.5, 0.6) is 80.5 Å². The maximum atomic E-state index is 13.0. The summed E-state index contributed by atoms with van der Waals surface area (Å²) >= 11 is 0. The Bertz CT molecular complexity index is 5210. The number of hydrogen-bond donors (Lipinski definition) is 8. The molecule has 0 aliphatic rings. The summed E-state index contributed by atoms with van der Waals surface area (Å²) in [5.41, 5.74) is -0.427. The van der Waals surface area contributed by atoms with Gasteiger partial charge in [-0.05, 0) is 152 Å². The van der Waals surface area contributed by atoms with E-state index in [2.05, 4.69) is 0 Å². The van der Waals surface area contributed by atoms with Gasteiger partial charge in [0.15, 0.2) is 41.3 Å². The lowest BCUT2D eigenvalue weighted by Gasteiger charge is -2.15. The predicted octanol–water partition coefficient (Wildman–Crippen LogP) is 12.6. The molecule has 0 saturated heterocycles. The number of rotatable bonds is 17. The number of aryl methyl sites for hydroxylation is 1. The molecule has 0 fully saturated rings. The monoisotopic (exact) mass is 1380 g/mol. The molecule has 0 spiro atoms. The maximum Gasteiger partial charge on any atom is 0.351 e. The van der Waals surface area contributed by atoms with Crippen LogP contribution in [-0.2, 0) is 11.3 Å². The fourth-order valence-electron chi connectivity index (χ4n) is 8.95. The lowest BCUT2D eigenvalue weighted by atomic mass is 10.1. The molecule has 0 bridgehead atoms. The van der Waals surface area contributed by atoms with Crippen molar-refractivity contribution in [3.63, 3.8) is 0 Å². The molecule has 0 radical (unpaired) electrons. The Labute approximate surface area is 575 Å². The van der Waals surface area contributed by atoms with E-state index >= 15 is 0 Å². The molecule has 0 saturated carbocycles. The highest BCUT2D eigenvalue weighted by molar-refractivity contribution is 5.98. The summed E-state index contributed by atoms with van der Waals surface area (Å²) in [5.74, 6) is -8.03. The third-order valence-corrected chi connectivity index (χ3v) is 13.8. The molecule has 0 atom stereocenters. The SMILES string of the molecule is COCOc1cccc(C(=O)Oc2cccc(O)c2OC(=O)c2cccc(C)c2)c1.O=C(O)c1cc2ccc(O)cc2oc1=O.O=C(Oc1cccc(OC(=O)c2cc3ccc(O)cc3oc2=O)c1OC(=O)c1cccc(O)c1)c1cccc(O)c1.Oc1cccc(OCc2ccccc2)c1O. The minimum absolute atomic E-state index is 0.0301. The number of aromatic hydroxyl groups is 7. The molecule has 102 heavy (non-hydrogen) atoms. The summed E-state index contributed by atoms with van der Waals surface area (Å²) in [6.07, 6.45) is 0. The van der Waals surface area contributed by atoms with Gasteiger partial charge < -0.3 is 87.6 Å². The van der Waals surface area contributed by atoms with Crippen LogP contribution in [0.1, 0.15) is 73.3 Å². The first kappa shape index (κ1) is 71.9. The van der Waals surface area contributed by atoms with Crippen molar-refractivity contribution in [1.82, 2.24) is 0 Å². The first-order valence-corrected chi connectivity index (χ1v) is 29.9. The summed E-state index contributed by atoms with van der Waals surface area (Å²) in [5, 5.41) is 76.6. The predicted molar refractivity (Wildman–Crippen MR) is 361 cm³/mol. The number of aromatic carboxylic acids is 1. The molecule has 2 aromatic heterocycles.